The van der Waals surface area contributed by atoms with Gasteiger partial charge < -0.3 is 15.1 Å². The Morgan fingerprint density at radius 1 is 1.16 bits per heavy atom. The van der Waals surface area contributed by atoms with Crippen LogP contribution in [0.3, 0.4) is 0 Å². The first kappa shape index (κ1) is 15.6. The van der Waals surface area contributed by atoms with Gasteiger partial charge in [0.25, 0.3) is 0 Å². The molecular formula is C18H19N5O2. The molecule has 0 radical (unpaired) electrons. The van der Waals surface area contributed by atoms with Crippen LogP contribution in [0.25, 0.3) is 0 Å². The van der Waals surface area contributed by atoms with E-state index in [-0.39, 0.29) is 24.3 Å². The highest BCUT2D eigenvalue weighted by Gasteiger charge is 2.34. The summed E-state index contributed by atoms with van der Waals surface area (Å²) in [6.45, 7) is 1.47. The van der Waals surface area contributed by atoms with Gasteiger partial charge in [0, 0.05) is 25.5 Å². The smallest absolute Gasteiger partial charge is 0.244 e. The summed E-state index contributed by atoms with van der Waals surface area (Å²) in [7, 11) is 0. The van der Waals surface area contributed by atoms with Crippen LogP contribution in [-0.4, -0.2) is 41.4 Å². The van der Waals surface area contributed by atoms with Crippen molar-refractivity contribution in [3.05, 3.63) is 42.7 Å². The van der Waals surface area contributed by atoms with Gasteiger partial charge >= 0.3 is 0 Å². The number of benzene rings is 1. The molecule has 2 amide bonds. The molecule has 1 saturated heterocycles. The van der Waals surface area contributed by atoms with E-state index in [1.165, 1.54) is 0 Å². The van der Waals surface area contributed by atoms with E-state index in [0.717, 1.165) is 25.1 Å². The maximum absolute atomic E-state index is 13.1. The molecule has 1 aromatic carbocycles. The molecule has 1 N–H and O–H groups in total. The average molecular weight is 337 g/mol. The van der Waals surface area contributed by atoms with Gasteiger partial charge in [-0.1, -0.05) is 12.1 Å². The maximum Gasteiger partial charge on any atom is 0.244 e. The average Bonchev–Trinajstić information content (AvgIpc) is 2.67. The molecule has 25 heavy (non-hydrogen) atoms. The van der Waals surface area contributed by atoms with Crippen molar-refractivity contribution in [1.82, 2.24) is 9.97 Å². The molecule has 2 aromatic rings. The minimum absolute atomic E-state index is 0.0112. The number of hydrogen-bond donors (Lipinski definition) is 1. The van der Waals surface area contributed by atoms with E-state index >= 15 is 0 Å². The summed E-state index contributed by atoms with van der Waals surface area (Å²) in [5, 5.41) is 2.82. The molecule has 2 aliphatic rings. The number of nitrogens with zero attached hydrogens (tertiary/aromatic N) is 4. The quantitative estimate of drug-likeness (QED) is 0.902. The van der Waals surface area contributed by atoms with Crippen molar-refractivity contribution < 1.29 is 9.59 Å². The first-order valence-corrected chi connectivity index (χ1v) is 8.44. The summed E-state index contributed by atoms with van der Waals surface area (Å²) in [6.07, 6.45) is 5.12. The van der Waals surface area contributed by atoms with Crippen LogP contribution in [0, 0.1) is 5.92 Å². The number of amides is 2. The lowest BCUT2D eigenvalue weighted by atomic mass is 9.96. The summed E-state index contributed by atoms with van der Waals surface area (Å²) in [5.41, 5.74) is 1.45. The van der Waals surface area contributed by atoms with Crippen LogP contribution in [0.4, 0.5) is 17.3 Å². The lowest BCUT2D eigenvalue weighted by Crippen LogP contribution is -2.49. The van der Waals surface area contributed by atoms with Crippen molar-refractivity contribution in [2.75, 3.05) is 34.8 Å². The molecule has 1 fully saturated rings. The Labute approximate surface area is 145 Å². The number of aromatic nitrogens is 2. The van der Waals surface area contributed by atoms with Crippen molar-refractivity contribution in [3.8, 4) is 0 Å². The zero-order valence-corrected chi connectivity index (χ0v) is 13.8. The van der Waals surface area contributed by atoms with Crippen LogP contribution in [0.2, 0.25) is 0 Å². The highest BCUT2D eigenvalue weighted by molar-refractivity contribution is 6.10. The summed E-state index contributed by atoms with van der Waals surface area (Å²) < 4.78 is 0. The molecule has 7 nitrogen and oxygen atoms in total. The molecule has 0 saturated carbocycles. The van der Waals surface area contributed by atoms with E-state index < -0.39 is 0 Å². The predicted octanol–water partition coefficient (Wildman–Crippen LogP) is 1.68. The van der Waals surface area contributed by atoms with Crippen molar-refractivity contribution in [2.24, 2.45) is 5.92 Å². The van der Waals surface area contributed by atoms with E-state index in [1.54, 1.807) is 23.4 Å². The van der Waals surface area contributed by atoms with E-state index in [4.69, 9.17) is 0 Å². The van der Waals surface area contributed by atoms with Gasteiger partial charge in [-0.15, -0.1) is 0 Å². The Hall–Kier alpha value is -2.96. The molecular weight excluding hydrogens is 318 g/mol. The summed E-state index contributed by atoms with van der Waals surface area (Å²) in [6, 6.07) is 9.19. The first-order chi connectivity index (χ1) is 12.2. The number of carbonyl (C=O) groups excluding carboxylic acids is 2. The molecule has 1 atom stereocenters. The number of hydrogen-bond acceptors (Lipinski definition) is 5. The van der Waals surface area contributed by atoms with Gasteiger partial charge in [0.1, 0.15) is 6.54 Å². The van der Waals surface area contributed by atoms with Crippen LogP contribution in [0.15, 0.2) is 42.7 Å². The molecule has 0 spiro atoms. The minimum Gasteiger partial charge on any atom is -0.340 e. The molecule has 0 bridgehead atoms. The highest BCUT2D eigenvalue weighted by atomic mass is 16.2. The zero-order chi connectivity index (χ0) is 17.2. The van der Waals surface area contributed by atoms with Crippen molar-refractivity contribution in [2.45, 2.75) is 12.8 Å². The lowest BCUT2D eigenvalue weighted by molar-refractivity contribution is -0.124. The van der Waals surface area contributed by atoms with E-state index in [1.807, 2.05) is 29.2 Å². The molecule has 1 unspecified atom stereocenters. The van der Waals surface area contributed by atoms with Crippen LogP contribution in [-0.2, 0) is 9.59 Å². The third-order valence-corrected chi connectivity index (χ3v) is 4.64. The molecule has 128 valence electrons. The first-order valence-electron chi connectivity index (χ1n) is 8.44. The molecule has 4 rings (SSSR count). The second kappa shape index (κ2) is 6.51. The molecule has 0 aliphatic carbocycles. The third kappa shape index (κ3) is 3.05. The predicted molar refractivity (Wildman–Crippen MR) is 94.4 cm³/mol. The summed E-state index contributed by atoms with van der Waals surface area (Å²) in [4.78, 5) is 37.3. The molecule has 3 heterocycles. The van der Waals surface area contributed by atoms with Gasteiger partial charge in [-0.3, -0.25) is 9.59 Å². The van der Waals surface area contributed by atoms with Gasteiger partial charge in [0.05, 0.1) is 17.3 Å². The fraction of sp³-hybridized carbons (Fsp3) is 0.333. The van der Waals surface area contributed by atoms with Crippen LogP contribution >= 0.6 is 0 Å². The Morgan fingerprint density at radius 2 is 1.96 bits per heavy atom. The van der Waals surface area contributed by atoms with E-state index in [9.17, 15) is 9.59 Å². The fourth-order valence-electron chi connectivity index (χ4n) is 3.47. The van der Waals surface area contributed by atoms with Crippen LogP contribution in [0.1, 0.15) is 12.8 Å². The molecule has 1 aromatic heterocycles. The Kier molecular flexibility index (Phi) is 4.05. The highest BCUT2D eigenvalue weighted by Crippen LogP contribution is 2.31. The number of para-hydroxylation sites is 2. The van der Waals surface area contributed by atoms with Gasteiger partial charge in [0.15, 0.2) is 0 Å². The normalized spacial score (nSPS) is 20.0. The second-order valence-corrected chi connectivity index (χ2v) is 6.32. The Morgan fingerprint density at radius 3 is 2.80 bits per heavy atom. The van der Waals surface area contributed by atoms with Crippen LogP contribution < -0.4 is 15.1 Å². The van der Waals surface area contributed by atoms with Gasteiger partial charge in [-0.05, 0) is 31.0 Å². The zero-order valence-electron chi connectivity index (χ0n) is 13.8. The van der Waals surface area contributed by atoms with Crippen molar-refractivity contribution in [3.63, 3.8) is 0 Å². The maximum atomic E-state index is 13.1. The second-order valence-electron chi connectivity index (χ2n) is 6.32. The number of anilines is 3. The lowest BCUT2D eigenvalue weighted by Gasteiger charge is -2.36. The monoisotopic (exact) mass is 337 g/mol. The third-order valence-electron chi connectivity index (χ3n) is 4.64. The van der Waals surface area contributed by atoms with Gasteiger partial charge in [0.2, 0.25) is 17.8 Å². The summed E-state index contributed by atoms with van der Waals surface area (Å²) in [5.74, 6) is 0.308. The number of piperidine rings is 1. The van der Waals surface area contributed by atoms with Crippen molar-refractivity contribution in [1.29, 1.82) is 0 Å². The van der Waals surface area contributed by atoms with Gasteiger partial charge in [-0.2, -0.15) is 0 Å². The fourth-order valence-corrected chi connectivity index (χ4v) is 3.47. The minimum atomic E-state index is -0.170. The van der Waals surface area contributed by atoms with Crippen LogP contribution in [0.5, 0.6) is 0 Å². The summed E-state index contributed by atoms with van der Waals surface area (Å²) >= 11 is 0. The van der Waals surface area contributed by atoms with E-state index in [0.29, 0.717) is 18.2 Å². The number of carbonyl (C=O) groups is 2. The van der Waals surface area contributed by atoms with Gasteiger partial charge in [-0.25, -0.2) is 9.97 Å². The number of fused-ring (bicyclic) bond motifs is 1. The molecule has 2 aliphatic heterocycles. The van der Waals surface area contributed by atoms with Crippen molar-refractivity contribution >= 4 is 29.1 Å². The standard InChI is InChI=1S/C18H19N5O2/c24-16-12-23(15-7-2-1-6-14(15)21-16)17(25)13-5-3-10-22(11-13)18-19-8-4-9-20-18/h1-2,4,6-9,13H,3,5,10-12H2,(H,21,24). The number of nitrogens with one attached hydrogen (secondary N) is 1. The number of rotatable bonds is 2. The van der Waals surface area contributed by atoms with E-state index in [2.05, 4.69) is 15.3 Å². The Bertz CT molecular complexity index is 795. The largest absolute Gasteiger partial charge is 0.340 e. The SMILES string of the molecule is O=C1CN(C(=O)C2CCCN(c3ncccn3)C2)c2ccccc2N1. The molecule has 7 heteroatoms. The Balaban J connectivity index is 1.56. The topological polar surface area (TPSA) is 78.4 Å².